The second-order valence-corrected chi connectivity index (χ2v) is 6.72. The lowest BCUT2D eigenvalue weighted by Crippen LogP contribution is -2.32. The molecule has 2 fully saturated rings. The Labute approximate surface area is 108 Å². The Bertz CT molecular complexity index is 349. The Morgan fingerprint density at radius 1 is 1.00 bits per heavy atom. The molecule has 2 aliphatic carbocycles. The molecule has 0 aliphatic heterocycles. The molecular formula is C15H21NS. The van der Waals surface area contributed by atoms with Crippen LogP contribution in [0.4, 0.5) is 0 Å². The summed E-state index contributed by atoms with van der Waals surface area (Å²) in [5, 5.41) is 2.06. The fourth-order valence-electron chi connectivity index (χ4n) is 3.60. The van der Waals surface area contributed by atoms with Gasteiger partial charge in [0.05, 0.1) is 5.03 Å². The fourth-order valence-corrected chi connectivity index (χ4v) is 5.00. The third-order valence-corrected chi connectivity index (χ3v) is 5.79. The number of hydrogen-bond donors (Lipinski definition) is 0. The van der Waals surface area contributed by atoms with Gasteiger partial charge in [-0.05, 0) is 36.8 Å². The van der Waals surface area contributed by atoms with E-state index in [9.17, 15) is 0 Å². The standard InChI is InChI=1S/C15H21NS/c1-2-8-13-12(6-1)7-5-9-14(13)17-15-10-3-4-11-16-15/h3-4,10-14H,1-2,5-9H2. The normalized spacial score (nSPS) is 33.1. The third kappa shape index (κ3) is 2.67. The highest BCUT2D eigenvalue weighted by atomic mass is 32.2. The molecule has 0 saturated heterocycles. The molecule has 3 unspecified atom stereocenters. The molecule has 0 amide bonds. The van der Waals surface area contributed by atoms with E-state index in [2.05, 4.69) is 17.1 Å². The maximum absolute atomic E-state index is 4.47. The lowest BCUT2D eigenvalue weighted by molar-refractivity contribution is 0.178. The van der Waals surface area contributed by atoms with Crippen LogP contribution in [0.15, 0.2) is 29.4 Å². The molecule has 0 spiro atoms. The summed E-state index contributed by atoms with van der Waals surface area (Å²) in [6, 6.07) is 6.28. The fraction of sp³-hybridized carbons (Fsp3) is 0.667. The van der Waals surface area contributed by atoms with Crippen molar-refractivity contribution in [3.63, 3.8) is 0 Å². The van der Waals surface area contributed by atoms with Crippen molar-refractivity contribution in [1.82, 2.24) is 4.98 Å². The Hall–Kier alpha value is -0.500. The molecule has 2 aliphatic rings. The Morgan fingerprint density at radius 3 is 2.76 bits per heavy atom. The summed E-state index contributed by atoms with van der Waals surface area (Å²) >= 11 is 2.04. The highest BCUT2D eigenvalue weighted by molar-refractivity contribution is 7.99. The summed E-state index contributed by atoms with van der Waals surface area (Å²) in [5.74, 6) is 2.00. The van der Waals surface area contributed by atoms with E-state index in [0.717, 1.165) is 17.1 Å². The van der Waals surface area contributed by atoms with Gasteiger partial charge < -0.3 is 0 Å². The summed E-state index contributed by atoms with van der Waals surface area (Å²) in [7, 11) is 0. The number of fused-ring (bicyclic) bond motifs is 1. The first-order valence-corrected chi connectivity index (χ1v) is 7.89. The van der Waals surface area contributed by atoms with Crippen molar-refractivity contribution < 1.29 is 0 Å². The molecule has 92 valence electrons. The van der Waals surface area contributed by atoms with Gasteiger partial charge in [-0.25, -0.2) is 4.98 Å². The first-order chi connectivity index (χ1) is 8.43. The van der Waals surface area contributed by atoms with E-state index in [0.29, 0.717) is 0 Å². The first kappa shape index (κ1) is 11.6. The van der Waals surface area contributed by atoms with Crippen molar-refractivity contribution >= 4 is 11.8 Å². The van der Waals surface area contributed by atoms with E-state index >= 15 is 0 Å². The van der Waals surface area contributed by atoms with Crippen LogP contribution in [0.3, 0.4) is 0 Å². The van der Waals surface area contributed by atoms with E-state index < -0.39 is 0 Å². The predicted molar refractivity (Wildman–Crippen MR) is 73.2 cm³/mol. The van der Waals surface area contributed by atoms with E-state index in [4.69, 9.17) is 0 Å². The maximum atomic E-state index is 4.47. The molecule has 2 saturated carbocycles. The van der Waals surface area contributed by atoms with Crippen molar-refractivity contribution in [2.75, 3.05) is 0 Å². The van der Waals surface area contributed by atoms with Crippen molar-refractivity contribution in [1.29, 1.82) is 0 Å². The Kier molecular flexibility index (Phi) is 3.70. The zero-order chi connectivity index (χ0) is 11.5. The van der Waals surface area contributed by atoms with Gasteiger partial charge >= 0.3 is 0 Å². The number of rotatable bonds is 2. The van der Waals surface area contributed by atoms with Crippen LogP contribution in [0.5, 0.6) is 0 Å². The molecule has 1 heterocycles. The molecular weight excluding hydrogens is 226 g/mol. The van der Waals surface area contributed by atoms with Gasteiger partial charge in [0.2, 0.25) is 0 Å². The van der Waals surface area contributed by atoms with Gasteiger partial charge in [0.15, 0.2) is 0 Å². The third-order valence-electron chi connectivity index (χ3n) is 4.42. The molecule has 0 bridgehead atoms. The number of hydrogen-bond acceptors (Lipinski definition) is 2. The van der Waals surface area contributed by atoms with E-state index in [1.165, 1.54) is 50.0 Å². The number of pyridine rings is 1. The van der Waals surface area contributed by atoms with Gasteiger partial charge in [-0.15, -0.1) is 11.8 Å². The van der Waals surface area contributed by atoms with Crippen molar-refractivity contribution in [3.8, 4) is 0 Å². The molecule has 0 N–H and O–H groups in total. The second kappa shape index (κ2) is 5.43. The zero-order valence-electron chi connectivity index (χ0n) is 10.3. The van der Waals surface area contributed by atoms with Crippen LogP contribution in [0, 0.1) is 11.8 Å². The highest BCUT2D eigenvalue weighted by Crippen LogP contribution is 2.46. The molecule has 1 aromatic heterocycles. The minimum Gasteiger partial charge on any atom is -0.250 e. The van der Waals surface area contributed by atoms with E-state index in [1.807, 2.05) is 24.0 Å². The summed E-state index contributed by atoms with van der Waals surface area (Å²) in [6.45, 7) is 0. The van der Waals surface area contributed by atoms with Crippen molar-refractivity contribution in [2.45, 2.75) is 55.2 Å². The van der Waals surface area contributed by atoms with Gasteiger partial charge in [0.1, 0.15) is 0 Å². The number of aromatic nitrogens is 1. The van der Waals surface area contributed by atoms with Crippen LogP contribution in [0.1, 0.15) is 44.9 Å². The Balaban J connectivity index is 1.69. The van der Waals surface area contributed by atoms with Crippen LogP contribution in [-0.4, -0.2) is 10.2 Å². The van der Waals surface area contributed by atoms with Crippen LogP contribution in [0.2, 0.25) is 0 Å². The summed E-state index contributed by atoms with van der Waals surface area (Å²) in [6.07, 6.45) is 12.1. The van der Waals surface area contributed by atoms with Gasteiger partial charge in [0.25, 0.3) is 0 Å². The SMILES string of the molecule is c1ccc(SC2CCCC3CCCCC32)nc1. The molecule has 1 nitrogen and oxygen atoms in total. The largest absolute Gasteiger partial charge is 0.250 e. The van der Waals surface area contributed by atoms with Crippen LogP contribution in [0.25, 0.3) is 0 Å². The highest BCUT2D eigenvalue weighted by Gasteiger charge is 2.35. The molecule has 3 rings (SSSR count). The average Bonchev–Trinajstić information content (AvgIpc) is 2.40. The first-order valence-electron chi connectivity index (χ1n) is 7.01. The van der Waals surface area contributed by atoms with Gasteiger partial charge in [-0.3, -0.25) is 0 Å². The second-order valence-electron chi connectivity index (χ2n) is 5.46. The van der Waals surface area contributed by atoms with Gasteiger partial charge in [-0.2, -0.15) is 0 Å². The lowest BCUT2D eigenvalue weighted by Gasteiger charge is -2.40. The minimum atomic E-state index is 0.837. The Morgan fingerprint density at radius 2 is 1.88 bits per heavy atom. The van der Waals surface area contributed by atoms with Gasteiger partial charge in [0, 0.05) is 11.4 Å². The predicted octanol–water partition coefficient (Wildman–Crippen LogP) is 4.53. The van der Waals surface area contributed by atoms with Crippen LogP contribution in [-0.2, 0) is 0 Å². The molecule has 1 aromatic rings. The molecule has 0 radical (unpaired) electrons. The maximum Gasteiger partial charge on any atom is 0.0962 e. The molecule has 17 heavy (non-hydrogen) atoms. The quantitative estimate of drug-likeness (QED) is 0.761. The van der Waals surface area contributed by atoms with E-state index in [-0.39, 0.29) is 0 Å². The lowest BCUT2D eigenvalue weighted by atomic mass is 9.71. The molecule has 0 aromatic carbocycles. The topological polar surface area (TPSA) is 12.9 Å². The zero-order valence-corrected chi connectivity index (χ0v) is 11.2. The summed E-state index contributed by atoms with van der Waals surface area (Å²) in [4.78, 5) is 4.47. The monoisotopic (exact) mass is 247 g/mol. The van der Waals surface area contributed by atoms with Crippen molar-refractivity contribution in [3.05, 3.63) is 24.4 Å². The number of thioether (sulfide) groups is 1. The average molecular weight is 247 g/mol. The van der Waals surface area contributed by atoms with Gasteiger partial charge in [-0.1, -0.05) is 38.2 Å². The van der Waals surface area contributed by atoms with E-state index in [1.54, 1.807) is 0 Å². The summed E-state index contributed by atoms with van der Waals surface area (Å²) < 4.78 is 0. The molecule has 2 heteroatoms. The smallest absolute Gasteiger partial charge is 0.0962 e. The van der Waals surface area contributed by atoms with Crippen molar-refractivity contribution in [2.24, 2.45) is 11.8 Å². The minimum absolute atomic E-state index is 0.837. The molecule has 3 atom stereocenters. The van der Waals surface area contributed by atoms with Crippen LogP contribution < -0.4 is 0 Å². The number of nitrogens with zero attached hydrogens (tertiary/aromatic N) is 1. The van der Waals surface area contributed by atoms with Crippen LogP contribution >= 0.6 is 11.8 Å². The summed E-state index contributed by atoms with van der Waals surface area (Å²) in [5.41, 5.74) is 0.